The third kappa shape index (κ3) is 5.54. The molecule has 6 heteroatoms. The largest absolute Gasteiger partial charge is 0.489 e. The summed E-state index contributed by atoms with van der Waals surface area (Å²) in [5.74, 6) is 1.14. The second kappa shape index (κ2) is 9.68. The van der Waals surface area contributed by atoms with Gasteiger partial charge in [-0.1, -0.05) is 42.5 Å². The molecular weight excluding hydrogens is 364 g/mol. The van der Waals surface area contributed by atoms with Crippen LogP contribution in [0.5, 0.6) is 5.75 Å². The number of nitrogens with one attached hydrogen (secondary N) is 1. The fourth-order valence-corrected chi connectivity index (χ4v) is 2.90. The van der Waals surface area contributed by atoms with Crippen molar-refractivity contribution in [2.24, 2.45) is 0 Å². The predicted octanol–water partition coefficient (Wildman–Crippen LogP) is 4.67. The first-order valence-corrected chi connectivity index (χ1v) is 9.74. The first-order chi connectivity index (χ1) is 14.1. The molecule has 1 N–H and O–H groups in total. The van der Waals surface area contributed by atoms with Crippen LogP contribution in [0.15, 0.2) is 67.0 Å². The smallest absolute Gasteiger partial charge is 0.272 e. The average Bonchev–Trinajstić information content (AvgIpc) is 2.73. The molecular formula is C23H26N4O2. The van der Waals surface area contributed by atoms with Crippen LogP contribution in [0.1, 0.15) is 36.8 Å². The van der Waals surface area contributed by atoms with Gasteiger partial charge in [-0.05, 0) is 38.5 Å². The van der Waals surface area contributed by atoms with E-state index in [1.807, 2.05) is 75.4 Å². The Bertz CT molecular complexity index is 944. The van der Waals surface area contributed by atoms with E-state index >= 15 is 0 Å². The molecule has 6 nitrogen and oxygen atoms in total. The van der Waals surface area contributed by atoms with Crippen LogP contribution in [0, 0.1) is 0 Å². The van der Waals surface area contributed by atoms with E-state index < -0.39 is 0 Å². The van der Waals surface area contributed by atoms with Gasteiger partial charge in [-0.15, -0.1) is 0 Å². The third-order valence-electron chi connectivity index (χ3n) is 4.28. The van der Waals surface area contributed by atoms with Crippen LogP contribution in [0.2, 0.25) is 0 Å². The zero-order valence-electron chi connectivity index (χ0n) is 17.0. The van der Waals surface area contributed by atoms with Crippen LogP contribution in [0.3, 0.4) is 0 Å². The topological polar surface area (TPSA) is 67.4 Å². The standard InChI is InChI=1S/C23H26N4O2/c1-4-27(15-18-10-6-5-7-11-18)23(28)20-14-22(25-16-24-20)26-19-12-8-9-13-21(19)29-17(2)3/h5-14,16-17H,4,15H2,1-3H3,(H,24,25,26). The quantitative estimate of drug-likeness (QED) is 0.605. The molecule has 3 rings (SSSR count). The molecule has 0 bridgehead atoms. The highest BCUT2D eigenvalue weighted by Gasteiger charge is 2.17. The summed E-state index contributed by atoms with van der Waals surface area (Å²) in [6.45, 7) is 7.04. The van der Waals surface area contributed by atoms with Gasteiger partial charge in [0, 0.05) is 19.2 Å². The maximum atomic E-state index is 13.0. The molecule has 3 aromatic rings. The Hall–Kier alpha value is -3.41. The number of amides is 1. The SMILES string of the molecule is CCN(Cc1ccccc1)C(=O)c1cc(Nc2ccccc2OC(C)C)ncn1. The monoisotopic (exact) mass is 390 g/mol. The number of benzene rings is 2. The van der Waals surface area contributed by atoms with Crippen LogP contribution >= 0.6 is 0 Å². The summed E-state index contributed by atoms with van der Waals surface area (Å²) in [6.07, 6.45) is 1.45. The van der Waals surface area contributed by atoms with Crippen molar-refractivity contribution in [3.63, 3.8) is 0 Å². The van der Waals surface area contributed by atoms with E-state index in [0.717, 1.165) is 17.0 Å². The number of ether oxygens (including phenoxy) is 1. The lowest BCUT2D eigenvalue weighted by Crippen LogP contribution is -2.31. The van der Waals surface area contributed by atoms with Crippen molar-refractivity contribution in [3.8, 4) is 5.75 Å². The molecule has 0 fully saturated rings. The molecule has 0 unspecified atom stereocenters. The van der Waals surface area contributed by atoms with Crippen molar-refractivity contribution in [1.29, 1.82) is 0 Å². The summed E-state index contributed by atoms with van der Waals surface area (Å²) in [4.78, 5) is 23.2. The number of para-hydroxylation sites is 2. The maximum Gasteiger partial charge on any atom is 0.272 e. The number of hydrogen-bond donors (Lipinski definition) is 1. The minimum Gasteiger partial charge on any atom is -0.489 e. The number of carbonyl (C=O) groups is 1. The lowest BCUT2D eigenvalue weighted by atomic mass is 10.2. The molecule has 2 aromatic carbocycles. The van der Waals surface area contributed by atoms with E-state index in [2.05, 4.69) is 15.3 Å². The fraction of sp³-hybridized carbons (Fsp3) is 0.261. The second-order valence-electron chi connectivity index (χ2n) is 6.88. The zero-order valence-corrected chi connectivity index (χ0v) is 17.0. The van der Waals surface area contributed by atoms with Crippen molar-refractivity contribution in [2.75, 3.05) is 11.9 Å². The van der Waals surface area contributed by atoms with Crippen LogP contribution in [0.4, 0.5) is 11.5 Å². The average molecular weight is 390 g/mol. The van der Waals surface area contributed by atoms with Crippen molar-refractivity contribution >= 4 is 17.4 Å². The van der Waals surface area contributed by atoms with Gasteiger partial charge >= 0.3 is 0 Å². The molecule has 29 heavy (non-hydrogen) atoms. The first kappa shape index (κ1) is 20.3. The molecule has 0 saturated carbocycles. The van der Waals surface area contributed by atoms with Crippen LogP contribution in [-0.2, 0) is 6.54 Å². The van der Waals surface area contributed by atoms with Gasteiger partial charge in [-0.2, -0.15) is 0 Å². The molecule has 1 aromatic heterocycles. The van der Waals surface area contributed by atoms with Gasteiger partial charge in [0.05, 0.1) is 11.8 Å². The summed E-state index contributed by atoms with van der Waals surface area (Å²) in [7, 11) is 0. The zero-order chi connectivity index (χ0) is 20.6. The Labute approximate surface area is 171 Å². The Morgan fingerprint density at radius 1 is 1.07 bits per heavy atom. The Morgan fingerprint density at radius 3 is 2.52 bits per heavy atom. The molecule has 0 aliphatic rings. The van der Waals surface area contributed by atoms with Crippen molar-refractivity contribution in [2.45, 2.75) is 33.4 Å². The summed E-state index contributed by atoms with van der Waals surface area (Å²) < 4.78 is 5.84. The van der Waals surface area contributed by atoms with Crippen LogP contribution in [-0.4, -0.2) is 33.4 Å². The number of rotatable bonds is 8. The van der Waals surface area contributed by atoms with Gasteiger partial charge in [0.1, 0.15) is 23.6 Å². The highest BCUT2D eigenvalue weighted by Crippen LogP contribution is 2.27. The minimum atomic E-state index is -0.131. The van der Waals surface area contributed by atoms with E-state index in [4.69, 9.17) is 4.74 Å². The van der Waals surface area contributed by atoms with Gasteiger partial charge in [0.2, 0.25) is 0 Å². The number of hydrogen-bond acceptors (Lipinski definition) is 5. The van der Waals surface area contributed by atoms with Crippen molar-refractivity contribution in [3.05, 3.63) is 78.2 Å². The lowest BCUT2D eigenvalue weighted by Gasteiger charge is -2.21. The van der Waals surface area contributed by atoms with Crippen molar-refractivity contribution in [1.82, 2.24) is 14.9 Å². The van der Waals surface area contributed by atoms with E-state index in [1.54, 1.807) is 11.0 Å². The van der Waals surface area contributed by atoms with Gasteiger partial charge < -0.3 is 15.0 Å². The van der Waals surface area contributed by atoms with Gasteiger partial charge in [-0.3, -0.25) is 4.79 Å². The van der Waals surface area contributed by atoms with E-state index in [1.165, 1.54) is 6.33 Å². The van der Waals surface area contributed by atoms with Crippen molar-refractivity contribution < 1.29 is 9.53 Å². The number of aromatic nitrogens is 2. The normalized spacial score (nSPS) is 10.6. The van der Waals surface area contributed by atoms with E-state index in [9.17, 15) is 4.79 Å². The Morgan fingerprint density at radius 2 is 1.79 bits per heavy atom. The predicted molar refractivity (Wildman–Crippen MR) is 114 cm³/mol. The molecule has 1 heterocycles. The second-order valence-corrected chi connectivity index (χ2v) is 6.88. The third-order valence-corrected chi connectivity index (χ3v) is 4.28. The molecule has 0 saturated heterocycles. The van der Waals surface area contributed by atoms with Gasteiger partial charge in [-0.25, -0.2) is 9.97 Å². The van der Waals surface area contributed by atoms with E-state index in [-0.39, 0.29) is 12.0 Å². The Kier molecular flexibility index (Phi) is 6.79. The number of anilines is 2. The molecule has 0 aliphatic heterocycles. The summed E-state index contributed by atoms with van der Waals surface area (Å²) in [5.41, 5.74) is 2.22. The number of nitrogens with zero attached hydrogens (tertiary/aromatic N) is 3. The lowest BCUT2D eigenvalue weighted by molar-refractivity contribution is 0.0746. The van der Waals surface area contributed by atoms with Crippen LogP contribution < -0.4 is 10.1 Å². The molecule has 0 radical (unpaired) electrons. The van der Waals surface area contributed by atoms with E-state index in [0.29, 0.717) is 24.6 Å². The molecule has 0 atom stereocenters. The summed E-state index contributed by atoms with van der Waals surface area (Å²) in [6, 6.07) is 19.2. The Balaban J connectivity index is 1.78. The van der Waals surface area contributed by atoms with Gasteiger partial charge in [0.15, 0.2) is 0 Å². The molecule has 1 amide bonds. The van der Waals surface area contributed by atoms with Gasteiger partial charge in [0.25, 0.3) is 5.91 Å². The summed E-state index contributed by atoms with van der Waals surface area (Å²) >= 11 is 0. The molecule has 150 valence electrons. The summed E-state index contributed by atoms with van der Waals surface area (Å²) in [5, 5.41) is 3.23. The van der Waals surface area contributed by atoms with Crippen LogP contribution in [0.25, 0.3) is 0 Å². The highest BCUT2D eigenvalue weighted by molar-refractivity contribution is 5.93. The first-order valence-electron chi connectivity index (χ1n) is 9.74. The number of carbonyl (C=O) groups excluding carboxylic acids is 1. The maximum absolute atomic E-state index is 13.0. The molecule has 0 aliphatic carbocycles. The minimum absolute atomic E-state index is 0.0524. The molecule has 0 spiro atoms. The fourth-order valence-electron chi connectivity index (χ4n) is 2.90. The highest BCUT2D eigenvalue weighted by atomic mass is 16.5.